The van der Waals surface area contributed by atoms with Crippen LogP contribution in [-0.2, 0) is 0 Å². The van der Waals surface area contributed by atoms with Crippen molar-refractivity contribution in [1.82, 2.24) is 14.7 Å². The summed E-state index contributed by atoms with van der Waals surface area (Å²) in [6, 6.07) is -0.323. The van der Waals surface area contributed by atoms with Crippen molar-refractivity contribution in [1.29, 1.82) is 0 Å². The second-order valence-electron chi connectivity index (χ2n) is 5.58. The maximum atomic E-state index is 13.1. The fourth-order valence-corrected chi connectivity index (χ4v) is 3.46. The number of aromatic nitrogens is 2. The van der Waals surface area contributed by atoms with Gasteiger partial charge in [-0.2, -0.15) is 0 Å². The van der Waals surface area contributed by atoms with Gasteiger partial charge in [-0.15, -0.1) is 11.3 Å². The van der Waals surface area contributed by atoms with Crippen molar-refractivity contribution >= 4 is 22.2 Å². The molecule has 118 valence electrons. The molecule has 0 spiro atoms. The SMILES string of the molecule is Cc1csc2ncc(C(=O)NC3CCC(F)(F)CC3)c(=O)n12. The summed E-state index contributed by atoms with van der Waals surface area (Å²) in [5.74, 6) is -3.19. The van der Waals surface area contributed by atoms with Gasteiger partial charge in [0.25, 0.3) is 11.5 Å². The topological polar surface area (TPSA) is 63.5 Å². The maximum Gasteiger partial charge on any atom is 0.271 e. The molecule has 0 radical (unpaired) electrons. The van der Waals surface area contributed by atoms with E-state index in [4.69, 9.17) is 0 Å². The van der Waals surface area contributed by atoms with E-state index in [1.807, 2.05) is 0 Å². The highest BCUT2D eigenvalue weighted by atomic mass is 32.1. The van der Waals surface area contributed by atoms with Crippen LogP contribution in [0.5, 0.6) is 0 Å². The minimum Gasteiger partial charge on any atom is -0.349 e. The van der Waals surface area contributed by atoms with Crippen molar-refractivity contribution < 1.29 is 13.6 Å². The Balaban J connectivity index is 1.80. The first-order valence-corrected chi connectivity index (χ1v) is 7.90. The van der Waals surface area contributed by atoms with Gasteiger partial charge in [0.15, 0.2) is 4.96 Å². The lowest BCUT2D eigenvalue weighted by atomic mass is 9.92. The van der Waals surface area contributed by atoms with Crippen LogP contribution < -0.4 is 10.9 Å². The van der Waals surface area contributed by atoms with Gasteiger partial charge in [0, 0.05) is 36.2 Å². The minimum atomic E-state index is -2.64. The van der Waals surface area contributed by atoms with E-state index in [0.29, 0.717) is 10.7 Å². The predicted octanol–water partition coefficient (Wildman–Crippen LogP) is 2.37. The molecule has 3 rings (SSSR count). The van der Waals surface area contributed by atoms with Crippen molar-refractivity contribution in [2.45, 2.75) is 44.6 Å². The standard InChI is InChI=1S/C14H15F2N3O2S/c1-8-7-22-13-17-6-10(12(21)19(8)13)11(20)18-9-2-4-14(15,16)5-3-9/h6-7,9H,2-5H2,1H3,(H,18,20). The van der Waals surface area contributed by atoms with Gasteiger partial charge in [-0.1, -0.05) is 0 Å². The first kappa shape index (κ1) is 15.1. The fraction of sp³-hybridized carbons (Fsp3) is 0.500. The average molecular weight is 327 g/mol. The summed E-state index contributed by atoms with van der Waals surface area (Å²) in [5, 5.41) is 4.45. The zero-order valence-electron chi connectivity index (χ0n) is 11.9. The Morgan fingerprint density at radius 3 is 2.82 bits per heavy atom. The number of fused-ring (bicyclic) bond motifs is 1. The molecule has 2 aromatic rings. The average Bonchev–Trinajstić information content (AvgIpc) is 2.84. The van der Waals surface area contributed by atoms with E-state index in [2.05, 4.69) is 10.3 Å². The molecule has 2 heterocycles. The second kappa shape index (κ2) is 5.42. The molecular formula is C14H15F2N3O2S. The maximum absolute atomic E-state index is 13.1. The van der Waals surface area contributed by atoms with Crippen molar-refractivity contribution in [3.05, 3.63) is 33.2 Å². The monoisotopic (exact) mass is 327 g/mol. The van der Waals surface area contributed by atoms with Crippen LogP contribution in [0.3, 0.4) is 0 Å². The lowest BCUT2D eigenvalue weighted by molar-refractivity contribution is -0.0399. The van der Waals surface area contributed by atoms with Crippen LogP contribution in [0.2, 0.25) is 0 Å². The quantitative estimate of drug-likeness (QED) is 0.921. The van der Waals surface area contributed by atoms with Crippen molar-refractivity contribution in [2.24, 2.45) is 0 Å². The van der Waals surface area contributed by atoms with Crippen LogP contribution in [0, 0.1) is 6.92 Å². The third-order valence-electron chi connectivity index (χ3n) is 3.91. The highest BCUT2D eigenvalue weighted by molar-refractivity contribution is 7.15. The van der Waals surface area contributed by atoms with Crippen molar-refractivity contribution in [3.63, 3.8) is 0 Å². The van der Waals surface area contributed by atoms with Crippen LogP contribution in [0.25, 0.3) is 4.96 Å². The van der Waals surface area contributed by atoms with Gasteiger partial charge in [0.05, 0.1) is 0 Å². The van der Waals surface area contributed by atoms with E-state index in [0.717, 1.165) is 0 Å². The van der Waals surface area contributed by atoms with Crippen molar-refractivity contribution in [3.8, 4) is 0 Å². The van der Waals surface area contributed by atoms with Crippen LogP contribution in [0.4, 0.5) is 8.78 Å². The van der Waals surface area contributed by atoms with Crippen LogP contribution in [0.1, 0.15) is 41.7 Å². The summed E-state index contributed by atoms with van der Waals surface area (Å²) < 4.78 is 27.6. The van der Waals surface area contributed by atoms with E-state index in [9.17, 15) is 18.4 Å². The highest BCUT2D eigenvalue weighted by Crippen LogP contribution is 2.33. The molecule has 0 saturated heterocycles. The number of thiazole rings is 1. The zero-order chi connectivity index (χ0) is 15.9. The molecule has 1 aliphatic carbocycles. The molecule has 1 aliphatic rings. The Morgan fingerprint density at radius 1 is 1.45 bits per heavy atom. The number of halogens is 2. The number of rotatable bonds is 2. The van der Waals surface area contributed by atoms with Gasteiger partial charge in [0.1, 0.15) is 5.56 Å². The molecule has 0 unspecified atom stereocenters. The summed E-state index contributed by atoms with van der Waals surface area (Å²) in [6.07, 6.45) is 1.20. The summed E-state index contributed by atoms with van der Waals surface area (Å²) in [7, 11) is 0. The molecule has 22 heavy (non-hydrogen) atoms. The molecule has 0 aromatic carbocycles. The Kier molecular flexibility index (Phi) is 3.72. The van der Waals surface area contributed by atoms with Crippen LogP contribution in [-0.4, -0.2) is 27.3 Å². The Labute approximate surface area is 129 Å². The fourth-order valence-electron chi connectivity index (χ4n) is 2.63. The van der Waals surface area contributed by atoms with Gasteiger partial charge in [-0.25, -0.2) is 13.8 Å². The Bertz CT molecular complexity index is 774. The normalized spacial score (nSPS) is 18.5. The first-order valence-electron chi connectivity index (χ1n) is 7.02. The lowest BCUT2D eigenvalue weighted by Crippen LogP contribution is -2.42. The lowest BCUT2D eigenvalue weighted by Gasteiger charge is -2.28. The molecule has 2 aromatic heterocycles. The first-order chi connectivity index (χ1) is 10.4. The summed E-state index contributed by atoms with van der Waals surface area (Å²) >= 11 is 1.32. The summed E-state index contributed by atoms with van der Waals surface area (Å²) in [4.78, 5) is 29.2. The predicted molar refractivity (Wildman–Crippen MR) is 78.7 cm³/mol. The van der Waals surface area contributed by atoms with Gasteiger partial charge in [0.2, 0.25) is 5.92 Å². The third kappa shape index (κ3) is 2.75. The number of amides is 1. The number of carbonyl (C=O) groups excluding carboxylic acids is 1. The largest absolute Gasteiger partial charge is 0.349 e. The molecule has 1 amide bonds. The van der Waals surface area contributed by atoms with Gasteiger partial charge >= 0.3 is 0 Å². The number of nitrogens with zero attached hydrogens (tertiary/aromatic N) is 2. The number of alkyl halides is 2. The van der Waals surface area contributed by atoms with E-state index in [-0.39, 0.29) is 37.3 Å². The van der Waals surface area contributed by atoms with Gasteiger partial charge < -0.3 is 5.32 Å². The summed E-state index contributed by atoms with van der Waals surface area (Å²) in [6.45, 7) is 1.76. The molecular weight excluding hydrogens is 312 g/mol. The minimum absolute atomic E-state index is 0.0590. The highest BCUT2D eigenvalue weighted by Gasteiger charge is 2.35. The number of carbonyl (C=O) groups is 1. The zero-order valence-corrected chi connectivity index (χ0v) is 12.8. The molecule has 1 fully saturated rings. The number of nitrogens with one attached hydrogen (secondary N) is 1. The molecule has 0 aliphatic heterocycles. The van der Waals surface area contributed by atoms with Gasteiger partial charge in [-0.05, 0) is 19.8 Å². The molecule has 1 saturated carbocycles. The molecule has 0 bridgehead atoms. The third-order valence-corrected chi connectivity index (χ3v) is 4.87. The van der Waals surface area contributed by atoms with E-state index in [1.165, 1.54) is 21.9 Å². The Hall–Kier alpha value is -1.83. The van der Waals surface area contributed by atoms with E-state index in [1.54, 1.807) is 12.3 Å². The number of aryl methyl sites for hydroxylation is 1. The smallest absolute Gasteiger partial charge is 0.271 e. The molecule has 8 heteroatoms. The molecule has 5 nitrogen and oxygen atoms in total. The number of hydrogen-bond acceptors (Lipinski definition) is 4. The Morgan fingerprint density at radius 2 is 2.14 bits per heavy atom. The van der Waals surface area contributed by atoms with Crippen molar-refractivity contribution in [2.75, 3.05) is 0 Å². The molecule has 1 N–H and O–H groups in total. The second-order valence-corrected chi connectivity index (χ2v) is 6.41. The van der Waals surface area contributed by atoms with E-state index < -0.39 is 17.4 Å². The summed E-state index contributed by atoms with van der Waals surface area (Å²) in [5.41, 5.74) is 0.225. The number of hydrogen-bond donors (Lipinski definition) is 1. The van der Waals surface area contributed by atoms with Crippen LogP contribution in [0.15, 0.2) is 16.4 Å². The van der Waals surface area contributed by atoms with Gasteiger partial charge in [-0.3, -0.25) is 14.0 Å². The molecule has 0 atom stereocenters. The van der Waals surface area contributed by atoms with E-state index >= 15 is 0 Å². The van der Waals surface area contributed by atoms with Crippen LogP contribution >= 0.6 is 11.3 Å².